The average Bonchev–Trinajstić information content (AvgIpc) is 3.24. The van der Waals surface area contributed by atoms with Crippen molar-refractivity contribution in [2.75, 3.05) is 0 Å². The van der Waals surface area contributed by atoms with Crippen molar-refractivity contribution >= 4 is 73.5 Å². The molecule has 3 aliphatic rings. The fraction of sp³-hybridized carbons (Fsp3) is 0. The highest BCUT2D eigenvalue weighted by Gasteiger charge is 2.23. The van der Waals surface area contributed by atoms with E-state index in [1.165, 1.54) is 46.4 Å². The maximum absolute atomic E-state index is 4.52. The summed E-state index contributed by atoms with van der Waals surface area (Å²) in [6.45, 7) is 0. The molecule has 2 aromatic heterocycles. The molecule has 0 spiro atoms. The van der Waals surface area contributed by atoms with Gasteiger partial charge in [-0.25, -0.2) is 20.0 Å². The van der Waals surface area contributed by atoms with Crippen LogP contribution in [0.25, 0.3) is 10.7 Å². The second kappa shape index (κ2) is 4.91. The van der Waals surface area contributed by atoms with Gasteiger partial charge in [0, 0.05) is 28.1 Å². The molecular formula is C11H5N7S4. The van der Waals surface area contributed by atoms with Crippen LogP contribution >= 0.6 is 46.4 Å². The molecular weight excluding hydrogens is 358 g/mol. The van der Waals surface area contributed by atoms with Gasteiger partial charge in [-0.1, -0.05) is 11.8 Å². The van der Waals surface area contributed by atoms with Gasteiger partial charge in [0.25, 0.3) is 0 Å². The maximum Gasteiger partial charge on any atom is 0.213 e. The molecule has 8 bridgehead atoms. The zero-order valence-corrected chi connectivity index (χ0v) is 13.9. The number of aliphatic imine (C=N–C) groups is 3. The first-order chi connectivity index (χ1) is 10.8. The lowest BCUT2D eigenvalue weighted by atomic mass is 10.4. The molecule has 0 aromatic carbocycles. The van der Waals surface area contributed by atoms with Crippen molar-refractivity contribution < 1.29 is 0 Å². The number of nitrogens with zero attached hydrogens (tertiary/aromatic N) is 5. The molecule has 0 aliphatic carbocycles. The Kier molecular flexibility index (Phi) is 2.86. The van der Waals surface area contributed by atoms with Crippen molar-refractivity contribution in [3.63, 3.8) is 0 Å². The fourth-order valence-electron chi connectivity index (χ4n) is 1.89. The summed E-state index contributed by atoms with van der Waals surface area (Å²) >= 11 is 5.89. The second-order valence-electron chi connectivity index (χ2n) is 4.28. The van der Waals surface area contributed by atoms with Crippen molar-refractivity contribution in [1.82, 2.24) is 20.0 Å². The van der Waals surface area contributed by atoms with Crippen LogP contribution in [0.1, 0.15) is 0 Å². The van der Waals surface area contributed by atoms with Gasteiger partial charge in [0.2, 0.25) is 10.3 Å². The Morgan fingerprint density at radius 2 is 2.00 bits per heavy atom. The van der Waals surface area contributed by atoms with Crippen molar-refractivity contribution in [3.05, 3.63) is 21.9 Å². The zero-order chi connectivity index (χ0) is 14.5. The third kappa shape index (κ3) is 2.17. The van der Waals surface area contributed by atoms with Gasteiger partial charge < -0.3 is 10.0 Å². The normalized spacial score (nSPS) is 18.5. The van der Waals surface area contributed by atoms with Gasteiger partial charge in [-0.2, -0.15) is 4.99 Å². The summed E-state index contributed by atoms with van der Waals surface area (Å²) in [5.74, 6) is 1.42. The Labute approximate surface area is 140 Å². The topological polar surface area (TPSA) is 86.9 Å². The van der Waals surface area contributed by atoms with Gasteiger partial charge in [0.05, 0.1) is 5.70 Å². The molecule has 5 heterocycles. The lowest BCUT2D eigenvalue weighted by Gasteiger charge is -2.02. The van der Waals surface area contributed by atoms with Crippen LogP contribution in [0.15, 0.2) is 36.8 Å². The van der Waals surface area contributed by atoms with E-state index in [1.54, 1.807) is 0 Å². The molecule has 0 atom stereocenters. The van der Waals surface area contributed by atoms with Crippen molar-refractivity contribution in [3.8, 4) is 10.7 Å². The third-order valence-corrected chi connectivity index (χ3v) is 5.86. The first-order valence-electron chi connectivity index (χ1n) is 6.08. The Bertz CT molecular complexity index is 903. The first kappa shape index (κ1) is 12.8. The van der Waals surface area contributed by atoms with Crippen LogP contribution in [0.5, 0.6) is 0 Å². The van der Waals surface area contributed by atoms with Crippen LogP contribution in [-0.4, -0.2) is 26.1 Å². The van der Waals surface area contributed by atoms with E-state index in [0.717, 1.165) is 27.4 Å². The minimum Gasteiger partial charge on any atom is -0.331 e. The van der Waals surface area contributed by atoms with Crippen LogP contribution in [0.3, 0.4) is 0 Å². The minimum atomic E-state index is 0.644. The summed E-state index contributed by atoms with van der Waals surface area (Å²) in [5.41, 5.74) is 1.71. The molecule has 2 N–H and O–H groups in total. The van der Waals surface area contributed by atoms with E-state index < -0.39 is 0 Å². The molecule has 0 amide bonds. The molecule has 3 aliphatic heterocycles. The van der Waals surface area contributed by atoms with Gasteiger partial charge in [-0.3, -0.25) is 0 Å². The Morgan fingerprint density at radius 1 is 1.00 bits per heavy atom. The van der Waals surface area contributed by atoms with E-state index in [2.05, 4.69) is 35.0 Å². The lowest BCUT2D eigenvalue weighted by molar-refractivity contribution is 1.21. The predicted molar refractivity (Wildman–Crippen MR) is 94.4 cm³/mol. The SMILES string of the molecule is C1=C2NC(=Nc3csc(n3)-c3csc(n3)N=C3N=C2NS3)S1. The number of thiazole rings is 2. The predicted octanol–water partition coefficient (Wildman–Crippen LogP) is 3.08. The third-order valence-electron chi connectivity index (χ3n) is 2.84. The Hall–Kier alpha value is -1.69. The highest BCUT2D eigenvalue weighted by molar-refractivity contribution is 8.16. The molecule has 0 fully saturated rings. The fourth-order valence-corrected chi connectivity index (χ4v) is 4.72. The van der Waals surface area contributed by atoms with Crippen LogP contribution in [0.2, 0.25) is 0 Å². The minimum absolute atomic E-state index is 0.644. The lowest BCUT2D eigenvalue weighted by Crippen LogP contribution is -2.25. The molecule has 0 saturated carbocycles. The Morgan fingerprint density at radius 3 is 3.00 bits per heavy atom. The number of hydrogen-bond donors (Lipinski definition) is 2. The van der Waals surface area contributed by atoms with Crippen LogP contribution in [0, 0.1) is 0 Å². The van der Waals surface area contributed by atoms with E-state index in [4.69, 9.17) is 0 Å². The van der Waals surface area contributed by atoms with Crippen molar-refractivity contribution in [2.24, 2.45) is 15.0 Å². The molecule has 22 heavy (non-hydrogen) atoms. The molecule has 7 nitrogen and oxygen atoms in total. The van der Waals surface area contributed by atoms with Crippen LogP contribution in [0.4, 0.5) is 10.9 Å². The summed E-state index contributed by atoms with van der Waals surface area (Å²) in [6.07, 6.45) is 0. The molecule has 0 radical (unpaired) electrons. The number of fused-ring (bicyclic) bond motifs is 9. The largest absolute Gasteiger partial charge is 0.331 e. The summed E-state index contributed by atoms with van der Waals surface area (Å²) in [4.78, 5) is 22.5. The maximum atomic E-state index is 4.52. The number of hydrogen-bond acceptors (Lipinski definition) is 11. The quantitative estimate of drug-likeness (QED) is 0.700. The van der Waals surface area contributed by atoms with Crippen LogP contribution < -0.4 is 10.0 Å². The summed E-state index contributed by atoms with van der Waals surface area (Å²) in [7, 11) is 0. The van der Waals surface area contributed by atoms with E-state index in [-0.39, 0.29) is 0 Å². The molecule has 0 saturated heterocycles. The van der Waals surface area contributed by atoms with Crippen molar-refractivity contribution in [1.29, 1.82) is 0 Å². The number of aromatic nitrogens is 2. The van der Waals surface area contributed by atoms with Gasteiger partial charge in [-0.15, -0.1) is 22.7 Å². The van der Waals surface area contributed by atoms with E-state index in [1.807, 2.05) is 16.2 Å². The van der Waals surface area contributed by atoms with E-state index >= 15 is 0 Å². The number of nitrogens with one attached hydrogen (secondary N) is 2. The molecule has 108 valence electrons. The van der Waals surface area contributed by atoms with E-state index in [9.17, 15) is 0 Å². The molecule has 11 heteroatoms. The van der Waals surface area contributed by atoms with E-state index in [0.29, 0.717) is 16.1 Å². The monoisotopic (exact) mass is 363 g/mol. The molecule has 5 rings (SSSR count). The van der Waals surface area contributed by atoms with Crippen molar-refractivity contribution in [2.45, 2.75) is 0 Å². The number of thioether (sulfide) groups is 1. The first-order valence-corrected chi connectivity index (χ1v) is 9.54. The zero-order valence-electron chi connectivity index (χ0n) is 10.6. The average molecular weight is 363 g/mol. The van der Waals surface area contributed by atoms with Gasteiger partial charge in [-0.05, 0) is 0 Å². The Balaban J connectivity index is 1.68. The standard InChI is InChI=1S/C11H5N7S4/c1-4-7-16-11(22-18-7)17-10-13-5(2-21-10)8-14-6(3-19-8)15-9(12-4)20-1/h1-3H,(H,12,15)(H,13,16,17,18). The molecule has 0 unspecified atom stereocenters. The second-order valence-corrected chi connectivity index (χ2v) is 7.60. The highest BCUT2D eigenvalue weighted by Crippen LogP contribution is 2.33. The molecule has 2 aromatic rings. The van der Waals surface area contributed by atoms with Gasteiger partial charge in [0.1, 0.15) is 10.7 Å². The summed E-state index contributed by atoms with van der Waals surface area (Å²) in [5, 5.41) is 12.0. The number of rotatable bonds is 0. The van der Waals surface area contributed by atoms with Gasteiger partial charge in [0.15, 0.2) is 16.8 Å². The highest BCUT2D eigenvalue weighted by atomic mass is 32.2. The number of amidine groups is 3. The smallest absolute Gasteiger partial charge is 0.213 e. The summed E-state index contributed by atoms with van der Waals surface area (Å²) in [6, 6.07) is 0. The summed E-state index contributed by atoms with van der Waals surface area (Å²) < 4.78 is 3.15. The van der Waals surface area contributed by atoms with Gasteiger partial charge >= 0.3 is 0 Å². The van der Waals surface area contributed by atoms with Crippen LogP contribution in [-0.2, 0) is 0 Å².